The molecule has 0 amide bonds. The van der Waals surface area contributed by atoms with E-state index >= 15 is 0 Å². The Bertz CT molecular complexity index is 238. The number of nitrogens with one attached hydrogen (secondary N) is 1. The van der Waals surface area contributed by atoms with Crippen molar-refractivity contribution >= 4 is 0 Å². The highest BCUT2D eigenvalue weighted by molar-refractivity contribution is 4.78. The van der Waals surface area contributed by atoms with Gasteiger partial charge in [-0.2, -0.15) is 0 Å². The molecule has 1 saturated heterocycles. The zero-order chi connectivity index (χ0) is 13.5. The van der Waals surface area contributed by atoms with Gasteiger partial charge in [-0.3, -0.25) is 0 Å². The fraction of sp³-hybridized carbons (Fsp3) is 1.00. The maximum Gasteiger partial charge on any atom is 0.0897 e. The lowest BCUT2D eigenvalue weighted by Gasteiger charge is -2.22. The van der Waals surface area contributed by atoms with Gasteiger partial charge in [-0.05, 0) is 38.5 Å². The van der Waals surface area contributed by atoms with E-state index in [1.54, 1.807) is 0 Å². The van der Waals surface area contributed by atoms with Gasteiger partial charge < -0.3 is 19.9 Å². The van der Waals surface area contributed by atoms with Crippen LogP contribution in [-0.2, 0) is 9.47 Å². The Balaban J connectivity index is 1.49. The first-order valence-electron chi connectivity index (χ1n) is 7.86. The molecular formula is C15H29NO3. The van der Waals surface area contributed by atoms with Crippen LogP contribution in [0.4, 0.5) is 0 Å². The minimum Gasteiger partial charge on any atom is -0.389 e. The van der Waals surface area contributed by atoms with Crippen LogP contribution in [0, 0.1) is 5.92 Å². The molecule has 0 radical (unpaired) electrons. The summed E-state index contributed by atoms with van der Waals surface area (Å²) in [6.07, 6.45) is 7.46. The molecule has 2 aliphatic rings. The second-order valence-electron chi connectivity index (χ2n) is 6.07. The maximum absolute atomic E-state index is 9.89. The van der Waals surface area contributed by atoms with Crippen molar-refractivity contribution in [1.29, 1.82) is 0 Å². The zero-order valence-corrected chi connectivity index (χ0v) is 12.1. The van der Waals surface area contributed by atoms with Crippen molar-refractivity contribution in [2.24, 2.45) is 5.92 Å². The average molecular weight is 271 g/mol. The van der Waals surface area contributed by atoms with Gasteiger partial charge >= 0.3 is 0 Å². The largest absolute Gasteiger partial charge is 0.389 e. The summed E-state index contributed by atoms with van der Waals surface area (Å²) in [7, 11) is 0. The molecule has 2 rings (SSSR count). The normalized spacial score (nSPS) is 27.8. The third kappa shape index (κ3) is 5.38. The maximum atomic E-state index is 9.89. The van der Waals surface area contributed by atoms with E-state index in [4.69, 9.17) is 9.47 Å². The molecule has 0 aromatic carbocycles. The van der Waals surface area contributed by atoms with Crippen molar-refractivity contribution in [1.82, 2.24) is 5.32 Å². The van der Waals surface area contributed by atoms with Gasteiger partial charge in [0, 0.05) is 19.2 Å². The lowest BCUT2D eigenvalue weighted by Crippen LogP contribution is -2.39. The zero-order valence-electron chi connectivity index (χ0n) is 12.1. The number of ether oxygens (including phenoxy) is 2. The van der Waals surface area contributed by atoms with Crippen LogP contribution in [0.3, 0.4) is 0 Å². The first-order valence-corrected chi connectivity index (χ1v) is 7.86. The van der Waals surface area contributed by atoms with Crippen molar-refractivity contribution in [3.05, 3.63) is 0 Å². The Morgan fingerprint density at radius 3 is 2.74 bits per heavy atom. The van der Waals surface area contributed by atoms with Crippen LogP contribution >= 0.6 is 0 Å². The van der Waals surface area contributed by atoms with E-state index in [-0.39, 0.29) is 6.10 Å². The lowest BCUT2D eigenvalue weighted by atomic mass is 10.00. The Labute approximate surface area is 116 Å². The molecule has 3 unspecified atom stereocenters. The van der Waals surface area contributed by atoms with Crippen LogP contribution in [0.5, 0.6) is 0 Å². The van der Waals surface area contributed by atoms with Crippen molar-refractivity contribution in [3.63, 3.8) is 0 Å². The van der Waals surface area contributed by atoms with Crippen LogP contribution in [0.2, 0.25) is 0 Å². The highest BCUT2D eigenvalue weighted by atomic mass is 16.5. The summed E-state index contributed by atoms with van der Waals surface area (Å²) in [5.74, 6) is 0.792. The first-order chi connectivity index (χ1) is 9.25. The summed E-state index contributed by atoms with van der Waals surface area (Å²) in [5, 5.41) is 13.3. The quantitative estimate of drug-likeness (QED) is 0.705. The Kier molecular flexibility index (Phi) is 6.57. The molecule has 19 heavy (non-hydrogen) atoms. The summed E-state index contributed by atoms with van der Waals surface area (Å²) >= 11 is 0. The Hall–Kier alpha value is -0.160. The van der Waals surface area contributed by atoms with Crippen LogP contribution < -0.4 is 5.32 Å². The number of aliphatic hydroxyl groups excluding tert-OH is 1. The van der Waals surface area contributed by atoms with Crippen LogP contribution in [-0.4, -0.2) is 49.7 Å². The molecule has 3 atom stereocenters. The fourth-order valence-electron chi connectivity index (χ4n) is 3.12. The van der Waals surface area contributed by atoms with Gasteiger partial charge in [-0.1, -0.05) is 12.8 Å². The minimum absolute atomic E-state index is 0.248. The number of rotatable bonds is 8. The topological polar surface area (TPSA) is 50.7 Å². The summed E-state index contributed by atoms with van der Waals surface area (Å²) in [6, 6.07) is 0.510. The van der Waals surface area contributed by atoms with E-state index in [1.165, 1.54) is 25.7 Å². The molecule has 0 aromatic heterocycles. The van der Waals surface area contributed by atoms with E-state index in [9.17, 15) is 5.11 Å². The van der Waals surface area contributed by atoms with E-state index < -0.39 is 6.10 Å². The van der Waals surface area contributed by atoms with Gasteiger partial charge in [-0.25, -0.2) is 0 Å². The smallest absolute Gasteiger partial charge is 0.0897 e. The Morgan fingerprint density at radius 2 is 2.05 bits per heavy atom. The van der Waals surface area contributed by atoms with Crippen molar-refractivity contribution in [3.8, 4) is 0 Å². The molecule has 0 bridgehead atoms. The number of hydrogen-bond acceptors (Lipinski definition) is 4. The molecule has 2 N–H and O–H groups in total. The second-order valence-corrected chi connectivity index (χ2v) is 6.07. The molecule has 1 aliphatic heterocycles. The van der Waals surface area contributed by atoms with Crippen molar-refractivity contribution in [2.75, 3.05) is 26.4 Å². The molecule has 4 heteroatoms. The highest BCUT2D eigenvalue weighted by Crippen LogP contribution is 2.27. The monoisotopic (exact) mass is 271 g/mol. The van der Waals surface area contributed by atoms with E-state index in [1.807, 2.05) is 0 Å². The number of hydrogen-bond donors (Lipinski definition) is 2. The third-order valence-corrected chi connectivity index (χ3v) is 4.42. The molecular weight excluding hydrogens is 242 g/mol. The summed E-state index contributed by atoms with van der Waals surface area (Å²) < 4.78 is 11.0. The molecule has 0 spiro atoms. The molecule has 0 aromatic rings. The molecule has 1 heterocycles. The van der Waals surface area contributed by atoms with Gasteiger partial charge in [0.1, 0.15) is 0 Å². The van der Waals surface area contributed by atoms with E-state index in [0.29, 0.717) is 25.8 Å². The van der Waals surface area contributed by atoms with Crippen molar-refractivity contribution < 1.29 is 14.6 Å². The first kappa shape index (κ1) is 15.2. The van der Waals surface area contributed by atoms with Crippen LogP contribution in [0.25, 0.3) is 0 Å². The van der Waals surface area contributed by atoms with Crippen LogP contribution in [0.15, 0.2) is 0 Å². The minimum atomic E-state index is -0.412. The molecule has 1 aliphatic carbocycles. The summed E-state index contributed by atoms with van der Waals surface area (Å²) in [5.41, 5.74) is 0. The summed E-state index contributed by atoms with van der Waals surface area (Å²) in [6.45, 7) is 4.75. The lowest BCUT2D eigenvalue weighted by molar-refractivity contribution is -0.0171. The van der Waals surface area contributed by atoms with Gasteiger partial charge in [0.15, 0.2) is 0 Å². The fourth-order valence-corrected chi connectivity index (χ4v) is 3.12. The highest BCUT2D eigenvalue weighted by Gasteiger charge is 2.22. The molecule has 1 saturated carbocycles. The number of aliphatic hydroxyl groups is 1. The average Bonchev–Trinajstić information content (AvgIpc) is 3.08. The molecule has 4 nitrogen and oxygen atoms in total. The standard InChI is InChI=1S/C15H29NO3/c1-12(13-5-2-3-6-13)16-9-14(17)10-18-11-15-7-4-8-19-15/h12-17H,2-11H2,1H3. The SMILES string of the molecule is CC(NCC(O)COCC1CCCO1)C1CCCC1. The van der Waals surface area contributed by atoms with Gasteiger partial charge in [0.2, 0.25) is 0 Å². The van der Waals surface area contributed by atoms with Gasteiger partial charge in [0.25, 0.3) is 0 Å². The molecule has 2 fully saturated rings. The van der Waals surface area contributed by atoms with Gasteiger partial charge in [-0.15, -0.1) is 0 Å². The van der Waals surface area contributed by atoms with Crippen molar-refractivity contribution in [2.45, 2.75) is 63.7 Å². The summed E-state index contributed by atoms with van der Waals surface area (Å²) in [4.78, 5) is 0. The molecule has 112 valence electrons. The Morgan fingerprint density at radius 1 is 1.26 bits per heavy atom. The van der Waals surface area contributed by atoms with Gasteiger partial charge in [0.05, 0.1) is 25.4 Å². The van der Waals surface area contributed by atoms with E-state index in [0.717, 1.165) is 25.4 Å². The van der Waals surface area contributed by atoms with Crippen LogP contribution in [0.1, 0.15) is 45.4 Å². The van der Waals surface area contributed by atoms with E-state index in [2.05, 4.69) is 12.2 Å². The third-order valence-electron chi connectivity index (χ3n) is 4.42. The predicted molar refractivity (Wildman–Crippen MR) is 75.2 cm³/mol. The predicted octanol–water partition coefficient (Wildman–Crippen LogP) is 1.71. The second kappa shape index (κ2) is 8.20.